The van der Waals surface area contributed by atoms with Crippen LogP contribution in [0.4, 0.5) is 14.9 Å². The predicted octanol–water partition coefficient (Wildman–Crippen LogP) is 2.23. The maximum atomic E-state index is 13.7. The largest absolute Gasteiger partial charge is 0.395 e. The number of aliphatic hydroxyl groups is 1. The van der Waals surface area contributed by atoms with Crippen LogP contribution in [0.15, 0.2) is 22.7 Å². The molecule has 0 bridgehead atoms. The Morgan fingerprint density at radius 2 is 2.09 bits per heavy atom. The molecule has 0 aliphatic carbocycles. The van der Waals surface area contributed by atoms with Gasteiger partial charge in [0.2, 0.25) is 5.91 Å². The minimum absolute atomic E-state index is 0.0179. The van der Waals surface area contributed by atoms with Crippen LogP contribution in [-0.2, 0) is 4.79 Å². The number of halogens is 2. The average molecular weight is 390 g/mol. The molecule has 23 heavy (non-hydrogen) atoms. The van der Waals surface area contributed by atoms with E-state index in [4.69, 9.17) is 5.11 Å². The number of carbonyl (C=O) groups is 2. The molecular formula is C15H21BrFN3O3. The van der Waals surface area contributed by atoms with Crippen molar-refractivity contribution in [3.63, 3.8) is 0 Å². The summed E-state index contributed by atoms with van der Waals surface area (Å²) in [6, 6.07) is 2.80. The van der Waals surface area contributed by atoms with Crippen LogP contribution in [-0.4, -0.2) is 36.2 Å². The lowest BCUT2D eigenvalue weighted by molar-refractivity contribution is -0.124. The summed E-state index contributed by atoms with van der Waals surface area (Å²) in [5.41, 5.74) is 0.0179. The van der Waals surface area contributed by atoms with Crippen molar-refractivity contribution < 1.29 is 19.1 Å². The Kier molecular flexibility index (Phi) is 7.97. The van der Waals surface area contributed by atoms with Gasteiger partial charge in [-0.25, -0.2) is 9.18 Å². The smallest absolute Gasteiger partial charge is 0.319 e. The van der Waals surface area contributed by atoms with Crippen molar-refractivity contribution >= 4 is 33.6 Å². The zero-order valence-corrected chi connectivity index (χ0v) is 14.6. The highest BCUT2D eigenvalue weighted by atomic mass is 79.9. The van der Waals surface area contributed by atoms with E-state index < -0.39 is 17.9 Å². The molecule has 2 atom stereocenters. The van der Waals surface area contributed by atoms with E-state index in [9.17, 15) is 14.0 Å². The number of hydrogen-bond acceptors (Lipinski definition) is 3. The van der Waals surface area contributed by atoms with Gasteiger partial charge >= 0.3 is 6.03 Å². The Bertz CT molecular complexity index is 557. The molecule has 0 aliphatic heterocycles. The highest BCUT2D eigenvalue weighted by molar-refractivity contribution is 9.10. The summed E-state index contributed by atoms with van der Waals surface area (Å²) in [6.07, 6.45) is 0.671. The first-order valence-corrected chi connectivity index (χ1v) is 8.09. The summed E-state index contributed by atoms with van der Waals surface area (Å²) in [4.78, 5) is 24.1. The molecule has 3 amide bonds. The number of benzene rings is 1. The molecule has 2 unspecified atom stereocenters. The van der Waals surface area contributed by atoms with Gasteiger partial charge in [0.05, 0.1) is 12.3 Å². The van der Waals surface area contributed by atoms with Gasteiger partial charge in [-0.3, -0.25) is 4.79 Å². The Hall–Kier alpha value is -1.67. The first-order valence-electron chi connectivity index (χ1n) is 7.30. The number of amides is 3. The van der Waals surface area contributed by atoms with Gasteiger partial charge in [0.1, 0.15) is 11.9 Å². The minimum atomic E-state index is -0.773. The van der Waals surface area contributed by atoms with Crippen LogP contribution < -0.4 is 16.0 Å². The molecule has 6 nitrogen and oxygen atoms in total. The second-order valence-electron chi connectivity index (χ2n) is 5.10. The quantitative estimate of drug-likeness (QED) is 0.576. The van der Waals surface area contributed by atoms with Crippen LogP contribution in [0.1, 0.15) is 20.3 Å². The molecule has 0 aliphatic rings. The third-order valence-electron chi connectivity index (χ3n) is 3.37. The fraction of sp³-hybridized carbons (Fsp3) is 0.467. The second-order valence-corrected chi connectivity index (χ2v) is 6.02. The molecule has 128 valence electrons. The highest BCUT2D eigenvalue weighted by Crippen LogP contribution is 2.19. The fourth-order valence-electron chi connectivity index (χ4n) is 1.88. The van der Waals surface area contributed by atoms with Gasteiger partial charge in [-0.1, -0.05) is 36.2 Å². The normalized spacial score (nSPS) is 13.1. The summed E-state index contributed by atoms with van der Waals surface area (Å²) in [6.45, 7) is 3.64. The number of nitrogens with one attached hydrogen (secondary N) is 3. The summed E-state index contributed by atoms with van der Waals surface area (Å²) in [7, 11) is 0. The molecule has 0 heterocycles. The first kappa shape index (κ1) is 19.4. The fourth-order valence-corrected chi connectivity index (χ4v) is 2.21. The molecule has 0 saturated heterocycles. The summed E-state index contributed by atoms with van der Waals surface area (Å²) >= 11 is 3.13. The van der Waals surface area contributed by atoms with Gasteiger partial charge in [-0.15, -0.1) is 0 Å². The molecule has 1 aromatic rings. The van der Waals surface area contributed by atoms with Gasteiger partial charge in [0.25, 0.3) is 0 Å². The molecule has 0 fully saturated rings. The van der Waals surface area contributed by atoms with E-state index in [-0.39, 0.29) is 30.7 Å². The maximum absolute atomic E-state index is 13.7. The van der Waals surface area contributed by atoms with Crippen LogP contribution >= 0.6 is 15.9 Å². The van der Waals surface area contributed by atoms with E-state index in [0.29, 0.717) is 10.9 Å². The van der Waals surface area contributed by atoms with Crippen molar-refractivity contribution in [1.82, 2.24) is 10.6 Å². The van der Waals surface area contributed by atoms with Gasteiger partial charge < -0.3 is 21.1 Å². The molecular weight excluding hydrogens is 369 g/mol. The van der Waals surface area contributed by atoms with Gasteiger partial charge in [-0.05, 0) is 24.1 Å². The molecule has 8 heteroatoms. The van der Waals surface area contributed by atoms with Crippen LogP contribution in [0.2, 0.25) is 0 Å². The number of aliphatic hydroxyl groups excluding tert-OH is 1. The minimum Gasteiger partial charge on any atom is -0.395 e. The van der Waals surface area contributed by atoms with Crippen molar-refractivity contribution in [2.75, 3.05) is 18.5 Å². The van der Waals surface area contributed by atoms with E-state index >= 15 is 0 Å². The van der Waals surface area contributed by atoms with E-state index in [1.807, 2.05) is 13.8 Å². The van der Waals surface area contributed by atoms with Gasteiger partial charge in [0.15, 0.2) is 0 Å². The number of rotatable bonds is 7. The van der Waals surface area contributed by atoms with Crippen LogP contribution in [0.3, 0.4) is 0 Å². The third kappa shape index (κ3) is 6.15. The lowest BCUT2D eigenvalue weighted by atomic mass is 9.98. The molecule has 0 aromatic heterocycles. The summed E-state index contributed by atoms with van der Waals surface area (Å²) < 4.78 is 14.3. The molecule has 4 N–H and O–H groups in total. The van der Waals surface area contributed by atoms with E-state index in [2.05, 4.69) is 31.9 Å². The van der Waals surface area contributed by atoms with E-state index in [0.717, 1.165) is 0 Å². The molecule has 1 rings (SSSR count). The van der Waals surface area contributed by atoms with Crippen molar-refractivity contribution in [3.8, 4) is 0 Å². The summed E-state index contributed by atoms with van der Waals surface area (Å²) in [5, 5.41) is 16.2. The van der Waals surface area contributed by atoms with Crippen LogP contribution in [0.25, 0.3) is 0 Å². The monoisotopic (exact) mass is 389 g/mol. The number of hydrogen-bond donors (Lipinski definition) is 4. The van der Waals surface area contributed by atoms with E-state index in [1.165, 1.54) is 12.1 Å². The molecule has 0 saturated carbocycles. The molecule has 0 radical (unpaired) electrons. The van der Waals surface area contributed by atoms with E-state index in [1.54, 1.807) is 6.07 Å². The summed E-state index contributed by atoms with van der Waals surface area (Å²) in [5.74, 6) is -1.09. The average Bonchev–Trinajstić information content (AvgIpc) is 2.52. The number of carbonyl (C=O) groups excluding carboxylic acids is 2. The van der Waals surface area contributed by atoms with Crippen molar-refractivity contribution in [3.05, 3.63) is 28.5 Å². The third-order valence-corrected chi connectivity index (χ3v) is 3.87. The van der Waals surface area contributed by atoms with Gasteiger partial charge in [-0.2, -0.15) is 0 Å². The SMILES string of the molecule is CCC(C)C(NC(=O)Nc1ccc(Br)cc1F)C(=O)NCCO. The predicted molar refractivity (Wildman–Crippen MR) is 89.6 cm³/mol. The molecule has 1 aromatic carbocycles. The highest BCUT2D eigenvalue weighted by Gasteiger charge is 2.25. The number of anilines is 1. The molecule has 0 spiro atoms. The lowest BCUT2D eigenvalue weighted by Crippen LogP contribution is -2.51. The zero-order chi connectivity index (χ0) is 17.4. The standard InChI is InChI=1S/C15H21BrFN3O3/c1-3-9(2)13(14(22)18-6-7-21)20-15(23)19-12-5-4-10(16)8-11(12)17/h4-5,8-9,13,21H,3,6-7H2,1-2H3,(H,18,22)(H2,19,20,23). The van der Waals surface area contributed by atoms with Crippen molar-refractivity contribution in [1.29, 1.82) is 0 Å². The Balaban J connectivity index is 2.74. The second kappa shape index (κ2) is 9.46. The van der Waals surface area contributed by atoms with Crippen LogP contribution in [0.5, 0.6) is 0 Å². The maximum Gasteiger partial charge on any atom is 0.319 e. The van der Waals surface area contributed by atoms with Crippen molar-refractivity contribution in [2.45, 2.75) is 26.3 Å². The topological polar surface area (TPSA) is 90.5 Å². The van der Waals surface area contributed by atoms with Crippen LogP contribution in [0, 0.1) is 11.7 Å². The Morgan fingerprint density at radius 3 is 2.65 bits per heavy atom. The Morgan fingerprint density at radius 1 is 1.39 bits per heavy atom. The Labute approximate surface area is 143 Å². The zero-order valence-electron chi connectivity index (χ0n) is 13.0. The van der Waals surface area contributed by atoms with Gasteiger partial charge in [0, 0.05) is 11.0 Å². The van der Waals surface area contributed by atoms with Crippen molar-refractivity contribution in [2.24, 2.45) is 5.92 Å². The lowest BCUT2D eigenvalue weighted by Gasteiger charge is -2.23. The first-order chi connectivity index (χ1) is 10.9. The number of urea groups is 1.